The molecule has 2 N–H and O–H groups in total. The van der Waals surface area contributed by atoms with Gasteiger partial charge in [-0.05, 0) is 47.2 Å². The molecule has 0 radical (unpaired) electrons. The molecule has 0 aliphatic rings. The number of nitrogens with one attached hydrogen (secondary N) is 2. The van der Waals surface area contributed by atoms with Crippen LogP contribution < -0.4 is 10.6 Å². The van der Waals surface area contributed by atoms with E-state index in [-0.39, 0.29) is 17.6 Å². The fraction of sp³-hybridized carbons (Fsp3) is 0.333. The fourth-order valence-corrected chi connectivity index (χ4v) is 2.16. The molecule has 0 aromatic heterocycles. The van der Waals surface area contributed by atoms with E-state index >= 15 is 0 Å². The first kappa shape index (κ1) is 15.3. The lowest BCUT2D eigenvalue weighted by atomic mass is 10.2. The summed E-state index contributed by atoms with van der Waals surface area (Å²) in [6.45, 7) is 3.31. The van der Waals surface area contributed by atoms with Crippen molar-refractivity contribution >= 4 is 52.7 Å². The molecule has 18 heavy (non-hydrogen) atoms. The van der Waals surface area contributed by atoms with Crippen molar-refractivity contribution in [3.63, 3.8) is 0 Å². The van der Waals surface area contributed by atoms with Crippen LogP contribution in [0.3, 0.4) is 0 Å². The Morgan fingerprint density at radius 2 is 2.11 bits per heavy atom. The first-order valence-electron chi connectivity index (χ1n) is 5.39. The van der Waals surface area contributed by atoms with Gasteiger partial charge in [-0.2, -0.15) is 12.6 Å². The van der Waals surface area contributed by atoms with Crippen LogP contribution >= 0.6 is 35.2 Å². The van der Waals surface area contributed by atoms with Crippen molar-refractivity contribution in [3.05, 3.63) is 27.3 Å². The van der Waals surface area contributed by atoms with Crippen molar-refractivity contribution in [2.75, 3.05) is 11.1 Å². The third-order valence-corrected chi connectivity index (χ3v) is 3.94. The van der Waals surface area contributed by atoms with E-state index in [1.807, 2.05) is 25.1 Å². The van der Waals surface area contributed by atoms with Crippen molar-refractivity contribution in [3.8, 4) is 0 Å². The number of benzene rings is 1. The summed E-state index contributed by atoms with van der Waals surface area (Å²) < 4.78 is 1.08. The number of thiol groups is 1. The molecule has 1 atom stereocenters. The molecule has 6 heteroatoms. The molecule has 0 aliphatic heterocycles. The molecule has 0 saturated carbocycles. The van der Waals surface area contributed by atoms with Gasteiger partial charge in [-0.15, -0.1) is 0 Å². The number of amides is 2. The topological polar surface area (TPSA) is 58.2 Å². The summed E-state index contributed by atoms with van der Waals surface area (Å²) in [7, 11) is 0. The number of carbonyl (C=O) groups is 2. The normalized spacial score (nSPS) is 11.8. The molecule has 1 unspecified atom stereocenters. The van der Waals surface area contributed by atoms with Gasteiger partial charge in [0.15, 0.2) is 0 Å². The second-order valence-electron chi connectivity index (χ2n) is 3.84. The van der Waals surface area contributed by atoms with Crippen molar-refractivity contribution in [1.29, 1.82) is 0 Å². The van der Waals surface area contributed by atoms with E-state index in [1.165, 1.54) is 6.92 Å². The van der Waals surface area contributed by atoms with Crippen LogP contribution in [0.1, 0.15) is 12.5 Å². The van der Waals surface area contributed by atoms with Crippen molar-refractivity contribution < 1.29 is 9.59 Å². The molecule has 1 rings (SSSR count). The van der Waals surface area contributed by atoms with E-state index in [4.69, 9.17) is 0 Å². The van der Waals surface area contributed by atoms with Gasteiger partial charge in [0.2, 0.25) is 11.8 Å². The maximum absolute atomic E-state index is 12.0. The molecule has 0 bridgehead atoms. The number of carbonyl (C=O) groups excluding carboxylic acids is 2. The third-order valence-electron chi connectivity index (χ3n) is 2.40. The highest BCUT2D eigenvalue weighted by Crippen LogP contribution is 2.20. The molecule has 0 fully saturated rings. The van der Waals surface area contributed by atoms with E-state index < -0.39 is 6.04 Å². The minimum Gasteiger partial charge on any atom is -0.344 e. The molecule has 4 nitrogen and oxygen atoms in total. The van der Waals surface area contributed by atoms with Crippen molar-refractivity contribution in [2.45, 2.75) is 19.9 Å². The van der Waals surface area contributed by atoms with Gasteiger partial charge < -0.3 is 10.6 Å². The standard InChI is InChI=1S/C12H15IN2O2S/c1-7-9(13)4-3-5-10(7)15-12(17)11(6-18)14-8(2)16/h3-5,11,18H,6H2,1-2H3,(H,14,16)(H,15,17). The molecule has 0 saturated heterocycles. The number of rotatable bonds is 4. The zero-order valence-electron chi connectivity index (χ0n) is 10.2. The predicted molar refractivity (Wildman–Crippen MR) is 84.0 cm³/mol. The third kappa shape index (κ3) is 4.16. The average Bonchev–Trinajstić information content (AvgIpc) is 2.31. The highest BCUT2D eigenvalue weighted by molar-refractivity contribution is 14.1. The van der Waals surface area contributed by atoms with Crippen LogP contribution in [-0.4, -0.2) is 23.6 Å². The second kappa shape index (κ2) is 6.98. The number of hydrogen-bond donors (Lipinski definition) is 3. The summed E-state index contributed by atoms with van der Waals surface area (Å²) in [4.78, 5) is 22.9. The molecule has 2 amide bonds. The summed E-state index contributed by atoms with van der Waals surface area (Å²) in [5, 5.41) is 5.35. The summed E-state index contributed by atoms with van der Waals surface area (Å²) in [6, 6.07) is 5.05. The SMILES string of the molecule is CC(=O)NC(CS)C(=O)Nc1cccc(I)c1C. The monoisotopic (exact) mass is 378 g/mol. The predicted octanol–water partition coefficient (Wildman–Crippen LogP) is 1.97. The lowest BCUT2D eigenvalue weighted by molar-refractivity contribution is -0.124. The van der Waals surface area contributed by atoms with Gasteiger partial charge in [0.05, 0.1) is 0 Å². The Kier molecular flexibility index (Phi) is 5.94. The quantitative estimate of drug-likeness (QED) is 0.554. The largest absolute Gasteiger partial charge is 0.344 e. The molecule has 98 valence electrons. The maximum atomic E-state index is 12.0. The van der Waals surface area contributed by atoms with Gasteiger partial charge in [-0.3, -0.25) is 9.59 Å². The molecule has 0 heterocycles. The zero-order chi connectivity index (χ0) is 13.7. The lowest BCUT2D eigenvalue weighted by Crippen LogP contribution is -2.44. The number of hydrogen-bond acceptors (Lipinski definition) is 3. The van der Waals surface area contributed by atoms with Gasteiger partial charge >= 0.3 is 0 Å². The Morgan fingerprint density at radius 1 is 1.44 bits per heavy atom. The highest BCUT2D eigenvalue weighted by atomic mass is 127. The van der Waals surface area contributed by atoms with Crippen LogP contribution in [0.4, 0.5) is 5.69 Å². The highest BCUT2D eigenvalue weighted by Gasteiger charge is 2.18. The van der Waals surface area contributed by atoms with Crippen LogP contribution in [-0.2, 0) is 9.59 Å². The molecular formula is C12H15IN2O2S. The van der Waals surface area contributed by atoms with E-state index in [1.54, 1.807) is 0 Å². The van der Waals surface area contributed by atoms with Gasteiger partial charge in [-0.25, -0.2) is 0 Å². The van der Waals surface area contributed by atoms with Crippen LogP contribution in [0.5, 0.6) is 0 Å². The van der Waals surface area contributed by atoms with E-state index in [0.29, 0.717) is 0 Å². The Hall–Kier alpha value is -0.760. The Balaban J connectivity index is 2.80. The fourth-order valence-electron chi connectivity index (χ4n) is 1.40. The molecule has 0 spiro atoms. The molecule has 0 aliphatic carbocycles. The molecule has 1 aromatic rings. The summed E-state index contributed by atoms with van der Waals surface area (Å²) in [5.74, 6) is -0.247. The minimum absolute atomic E-state index is 0.247. The summed E-state index contributed by atoms with van der Waals surface area (Å²) >= 11 is 6.27. The molecule has 1 aromatic carbocycles. The Morgan fingerprint density at radius 3 is 2.67 bits per heavy atom. The van der Waals surface area contributed by atoms with Crippen LogP contribution in [0.25, 0.3) is 0 Å². The number of anilines is 1. The van der Waals surface area contributed by atoms with Gasteiger partial charge in [0.1, 0.15) is 6.04 Å². The average molecular weight is 378 g/mol. The Labute approximate surface area is 125 Å². The minimum atomic E-state index is -0.622. The van der Waals surface area contributed by atoms with Crippen molar-refractivity contribution in [2.24, 2.45) is 0 Å². The summed E-state index contributed by atoms with van der Waals surface area (Å²) in [5.41, 5.74) is 1.76. The molecular weight excluding hydrogens is 363 g/mol. The van der Waals surface area contributed by atoms with E-state index in [2.05, 4.69) is 45.9 Å². The smallest absolute Gasteiger partial charge is 0.247 e. The zero-order valence-corrected chi connectivity index (χ0v) is 13.2. The van der Waals surface area contributed by atoms with Gasteiger partial charge in [0, 0.05) is 21.9 Å². The van der Waals surface area contributed by atoms with E-state index in [0.717, 1.165) is 14.8 Å². The van der Waals surface area contributed by atoms with Crippen LogP contribution in [0, 0.1) is 10.5 Å². The summed E-state index contributed by atoms with van der Waals surface area (Å²) in [6.07, 6.45) is 0. The first-order chi connectivity index (χ1) is 8.45. The Bertz CT molecular complexity index is 465. The van der Waals surface area contributed by atoms with Crippen LogP contribution in [0.2, 0.25) is 0 Å². The van der Waals surface area contributed by atoms with Gasteiger partial charge in [0.25, 0.3) is 0 Å². The van der Waals surface area contributed by atoms with Crippen molar-refractivity contribution in [1.82, 2.24) is 5.32 Å². The van der Waals surface area contributed by atoms with Crippen LogP contribution in [0.15, 0.2) is 18.2 Å². The number of halogens is 1. The van der Waals surface area contributed by atoms with Gasteiger partial charge in [-0.1, -0.05) is 6.07 Å². The lowest BCUT2D eigenvalue weighted by Gasteiger charge is -2.16. The maximum Gasteiger partial charge on any atom is 0.247 e. The first-order valence-corrected chi connectivity index (χ1v) is 7.10. The second-order valence-corrected chi connectivity index (χ2v) is 5.36. The van der Waals surface area contributed by atoms with E-state index in [9.17, 15) is 9.59 Å².